The van der Waals surface area contributed by atoms with Crippen molar-refractivity contribution in [1.82, 2.24) is 20.4 Å². The first-order chi connectivity index (χ1) is 25.0. The fourth-order valence-electron chi connectivity index (χ4n) is 5.50. The topological polar surface area (TPSA) is 67.8 Å². The van der Waals surface area contributed by atoms with Gasteiger partial charge in [-0.3, -0.25) is 4.79 Å². The van der Waals surface area contributed by atoms with Crippen LogP contribution in [0.25, 0.3) is 0 Å². The highest BCUT2D eigenvalue weighted by Crippen LogP contribution is 2.22. The third kappa shape index (κ3) is 25.9. The molecule has 0 saturated heterocycles. The molecule has 0 spiro atoms. The minimum Gasteiger partial charge on any atom is -0.391 e. The third-order valence-corrected chi connectivity index (χ3v) is 8.83. The van der Waals surface area contributed by atoms with Crippen LogP contribution < -0.4 is 10.6 Å². The molecular formula is C46H72N4O2. The number of aliphatic hydroxyl groups is 1. The number of nitrogens with zero attached hydrogens (tertiary/aromatic N) is 2. The molecule has 3 N–H and O–H groups in total. The molecule has 1 aromatic carbocycles. The number of amides is 1. The number of carbonyl (C=O) groups excluding carboxylic acids is 1. The number of allylic oxidation sites excluding steroid dienone is 5. The fourth-order valence-corrected chi connectivity index (χ4v) is 5.50. The molecule has 6 heteroatoms. The monoisotopic (exact) mass is 713 g/mol. The molecule has 52 heavy (non-hydrogen) atoms. The maximum atomic E-state index is 12.6. The van der Waals surface area contributed by atoms with Crippen molar-refractivity contribution in [1.29, 1.82) is 0 Å². The largest absolute Gasteiger partial charge is 0.391 e. The number of hydrogen-bond donors (Lipinski definition) is 3. The average Bonchev–Trinajstić information content (AvgIpc) is 3.16. The molecular weight excluding hydrogens is 641 g/mol. The highest BCUT2D eigenvalue weighted by Gasteiger charge is 2.17. The van der Waals surface area contributed by atoms with Crippen LogP contribution in [0.15, 0.2) is 90.8 Å². The van der Waals surface area contributed by atoms with E-state index < -0.39 is 12.1 Å². The Hall–Kier alpha value is -3.97. The number of nitrogens with one attached hydrogen (secondary N) is 2. The summed E-state index contributed by atoms with van der Waals surface area (Å²) in [6.45, 7) is 19.7. The number of unbranched alkanes of at least 4 members (excludes halogenated alkanes) is 1. The van der Waals surface area contributed by atoms with Crippen LogP contribution >= 0.6 is 0 Å². The minimum absolute atomic E-state index is 0.154. The van der Waals surface area contributed by atoms with E-state index in [0.717, 1.165) is 50.5 Å². The number of aliphatic hydroxyl groups excluding tert-OH is 1. The highest BCUT2D eigenvalue weighted by molar-refractivity contribution is 5.84. The zero-order chi connectivity index (χ0) is 39.0. The Bertz CT molecular complexity index is 1280. The van der Waals surface area contributed by atoms with Crippen molar-refractivity contribution in [3.05, 3.63) is 96.4 Å². The smallest absolute Gasteiger partial charge is 0.246 e. The van der Waals surface area contributed by atoms with Gasteiger partial charge in [-0.15, -0.1) is 18.8 Å². The van der Waals surface area contributed by atoms with Crippen molar-refractivity contribution >= 4 is 5.91 Å². The Balaban J connectivity index is 0.00000132. The van der Waals surface area contributed by atoms with Crippen molar-refractivity contribution in [2.75, 3.05) is 40.3 Å². The van der Waals surface area contributed by atoms with E-state index in [1.54, 1.807) is 6.08 Å². The van der Waals surface area contributed by atoms with Gasteiger partial charge in [0.2, 0.25) is 5.91 Å². The van der Waals surface area contributed by atoms with Crippen LogP contribution in [0.3, 0.4) is 0 Å². The summed E-state index contributed by atoms with van der Waals surface area (Å²) in [5.74, 6) is 5.71. The molecule has 1 saturated carbocycles. The Labute approximate surface area is 319 Å². The van der Waals surface area contributed by atoms with Crippen LogP contribution in [0.5, 0.6) is 0 Å². The standard InChI is InChI=1S/C30H44N4O2.C7H14.C7H8.C2H6/c1-7-9-12-17-28(35)23-31-30(36)29(18-10-8-2)32-25(3)19-20-26(4)34(6)22-21-33(5)24-27-15-13-11-14-16-27;2*1-7-5-3-2-4-6-7;1-2/h1-2,10,13,15-16,18,28-29,32,35H,3-4,9,11-12,14,17,19-24H2,5-6H3,(H,31,36);7H,2-6H2,1H3;2-6H,1H3;1-2H3/t28-,29?;;;/m0.../s1. The Morgan fingerprint density at radius 1 is 1.06 bits per heavy atom. The molecule has 2 aliphatic rings. The third-order valence-electron chi connectivity index (χ3n) is 8.83. The Morgan fingerprint density at radius 2 is 1.75 bits per heavy atom. The van der Waals surface area contributed by atoms with Gasteiger partial charge in [-0.05, 0) is 76.1 Å². The van der Waals surface area contributed by atoms with Crippen LogP contribution in [0.2, 0.25) is 0 Å². The van der Waals surface area contributed by atoms with E-state index in [1.165, 1.54) is 49.3 Å². The summed E-state index contributed by atoms with van der Waals surface area (Å²) in [6, 6.07) is 9.59. The molecule has 1 aromatic rings. The predicted molar refractivity (Wildman–Crippen MR) is 225 cm³/mol. The molecule has 0 bridgehead atoms. The lowest BCUT2D eigenvalue weighted by molar-refractivity contribution is -0.122. The van der Waals surface area contributed by atoms with Crippen LogP contribution in [0, 0.1) is 37.5 Å². The highest BCUT2D eigenvalue weighted by atomic mass is 16.3. The number of rotatable bonds is 18. The summed E-state index contributed by atoms with van der Waals surface area (Å²) in [7, 11) is 4.18. The molecule has 6 nitrogen and oxygen atoms in total. The second kappa shape index (κ2) is 31.7. The van der Waals surface area contributed by atoms with Crippen molar-refractivity contribution < 1.29 is 9.90 Å². The van der Waals surface area contributed by atoms with E-state index in [1.807, 2.05) is 39.1 Å². The number of likely N-dealkylation sites (N-methyl/N-ethyl adjacent to an activating group) is 2. The molecule has 0 heterocycles. The van der Waals surface area contributed by atoms with Gasteiger partial charge in [-0.1, -0.05) is 126 Å². The van der Waals surface area contributed by atoms with E-state index in [0.29, 0.717) is 31.4 Å². The zero-order valence-electron chi connectivity index (χ0n) is 33.6. The van der Waals surface area contributed by atoms with Gasteiger partial charge in [0.05, 0.1) is 6.10 Å². The number of aryl methyl sites for hydroxylation is 1. The first kappa shape index (κ1) is 48.0. The normalized spacial score (nSPS) is 14.7. The van der Waals surface area contributed by atoms with Crippen LogP contribution in [-0.2, 0) is 4.79 Å². The maximum absolute atomic E-state index is 12.6. The van der Waals surface area contributed by atoms with Gasteiger partial charge >= 0.3 is 0 Å². The molecule has 288 valence electrons. The predicted octanol–water partition coefficient (Wildman–Crippen LogP) is 8.97. The Morgan fingerprint density at radius 3 is 2.29 bits per heavy atom. The van der Waals surface area contributed by atoms with Crippen molar-refractivity contribution in [2.45, 2.75) is 117 Å². The molecule has 1 unspecified atom stereocenters. The second-order valence-corrected chi connectivity index (χ2v) is 13.6. The van der Waals surface area contributed by atoms with Gasteiger partial charge in [0.15, 0.2) is 0 Å². The first-order valence-corrected chi connectivity index (χ1v) is 19.5. The number of benzene rings is 1. The number of carbonyl (C=O) groups is 1. The lowest BCUT2D eigenvalue weighted by atomic mass is 9.91. The second-order valence-electron chi connectivity index (χ2n) is 13.6. The van der Waals surface area contributed by atoms with Crippen LogP contribution in [0.4, 0.5) is 0 Å². The summed E-state index contributed by atoms with van der Waals surface area (Å²) in [5, 5.41) is 15.9. The minimum atomic E-state index is -0.672. The molecule has 2 atom stereocenters. The molecule has 1 amide bonds. The molecule has 0 aromatic heterocycles. The fraction of sp³-hybridized carbons (Fsp3) is 0.543. The van der Waals surface area contributed by atoms with E-state index in [4.69, 9.17) is 12.8 Å². The van der Waals surface area contributed by atoms with Gasteiger partial charge in [0.1, 0.15) is 6.04 Å². The average molecular weight is 713 g/mol. The van der Waals surface area contributed by atoms with Gasteiger partial charge in [-0.2, -0.15) is 0 Å². The quantitative estimate of drug-likeness (QED) is 0.105. The zero-order valence-corrected chi connectivity index (χ0v) is 33.6. The van der Waals surface area contributed by atoms with E-state index in [-0.39, 0.29) is 12.5 Å². The lowest BCUT2D eigenvalue weighted by Crippen LogP contribution is -2.44. The van der Waals surface area contributed by atoms with Crippen molar-refractivity contribution in [2.24, 2.45) is 5.92 Å². The van der Waals surface area contributed by atoms with Crippen molar-refractivity contribution in [3.63, 3.8) is 0 Å². The number of hydrogen-bond acceptors (Lipinski definition) is 5. The Kier molecular flexibility index (Phi) is 29.3. The SMILES string of the molecule is C#CC=CC(NC(=C)CCC(=C)N(C)CCN(C)CC1=CCCC=C1)C(=O)NC[C@@H](O)CCCC#C.CC.CC1CCCCC1.Cc1ccccc1. The van der Waals surface area contributed by atoms with Gasteiger partial charge in [0.25, 0.3) is 0 Å². The molecule has 0 radical (unpaired) electrons. The molecule has 0 aliphatic heterocycles. The van der Waals surface area contributed by atoms with Gasteiger partial charge in [-0.25, -0.2) is 0 Å². The summed E-state index contributed by atoms with van der Waals surface area (Å²) in [5.41, 5.74) is 4.43. The summed E-state index contributed by atoms with van der Waals surface area (Å²) >= 11 is 0. The van der Waals surface area contributed by atoms with Gasteiger partial charge in [0, 0.05) is 51.0 Å². The van der Waals surface area contributed by atoms with E-state index in [2.05, 4.69) is 96.7 Å². The van der Waals surface area contributed by atoms with Crippen molar-refractivity contribution in [3.8, 4) is 24.7 Å². The number of terminal acetylenes is 2. The van der Waals surface area contributed by atoms with E-state index in [9.17, 15) is 9.90 Å². The molecule has 2 aliphatic carbocycles. The maximum Gasteiger partial charge on any atom is 0.246 e. The van der Waals surface area contributed by atoms with Crippen LogP contribution in [0.1, 0.15) is 103 Å². The first-order valence-electron chi connectivity index (χ1n) is 19.5. The summed E-state index contributed by atoms with van der Waals surface area (Å²) < 4.78 is 0. The summed E-state index contributed by atoms with van der Waals surface area (Å²) in [4.78, 5) is 17.1. The van der Waals surface area contributed by atoms with E-state index >= 15 is 0 Å². The van der Waals surface area contributed by atoms with Crippen LogP contribution in [-0.4, -0.2) is 73.2 Å². The molecule has 3 rings (SSSR count). The summed E-state index contributed by atoms with van der Waals surface area (Å²) in [6.07, 6.45) is 32.7. The lowest BCUT2D eigenvalue weighted by Gasteiger charge is -2.26. The van der Waals surface area contributed by atoms with Gasteiger partial charge < -0.3 is 25.5 Å². The molecule has 1 fully saturated rings.